The van der Waals surface area contributed by atoms with Gasteiger partial charge in [0.15, 0.2) is 0 Å². The maximum Gasteiger partial charge on any atom is 0.305 e. The van der Waals surface area contributed by atoms with E-state index in [1.165, 1.54) is 9.21 Å². The van der Waals surface area contributed by atoms with Crippen molar-refractivity contribution in [3.63, 3.8) is 0 Å². The Labute approximate surface area is 126 Å². The number of rotatable bonds is 8. The molecule has 21 heavy (non-hydrogen) atoms. The maximum atomic E-state index is 12.2. The van der Waals surface area contributed by atoms with E-state index in [0.717, 1.165) is 0 Å². The van der Waals surface area contributed by atoms with Gasteiger partial charge in [-0.15, -0.1) is 0 Å². The number of carboxylic acids is 1. The lowest BCUT2D eigenvalue weighted by molar-refractivity contribution is -0.138. The van der Waals surface area contributed by atoms with Crippen LogP contribution in [0.25, 0.3) is 0 Å². The highest BCUT2D eigenvalue weighted by molar-refractivity contribution is 7.89. The topological polar surface area (TPSA) is 95.0 Å². The highest BCUT2D eigenvalue weighted by Gasteiger charge is 2.28. The molecule has 1 rings (SSSR count). The summed E-state index contributed by atoms with van der Waals surface area (Å²) >= 11 is 0. The fourth-order valence-electron chi connectivity index (χ4n) is 2.31. The average molecular weight is 320 g/mol. The summed E-state index contributed by atoms with van der Waals surface area (Å²) in [6.07, 6.45) is 0.608. The van der Waals surface area contributed by atoms with Crippen LogP contribution in [0.2, 0.25) is 0 Å². The number of amides is 1. The summed E-state index contributed by atoms with van der Waals surface area (Å²) in [6.45, 7) is 5.20. The maximum absolute atomic E-state index is 12.2. The molecule has 0 aromatic carbocycles. The summed E-state index contributed by atoms with van der Waals surface area (Å²) in [4.78, 5) is 24.3. The average Bonchev–Trinajstić information content (AvgIpc) is 2.70. The Bertz CT molecular complexity index is 475. The van der Waals surface area contributed by atoms with Gasteiger partial charge in [0.05, 0.1) is 12.2 Å². The monoisotopic (exact) mass is 320 g/mol. The molecule has 1 aliphatic heterocycles. The molecule has 0 bridgehead atoms. The normalized spacial score (nSPS) is 18.0. The summed E-state index contributed by atoms with van der Waals surface area (Å²) in [5, 5.41) is 8.72. The van der Waals surface area contributed by atoms with Gasteiger partial charge in [0.25, 0.3) is 0 Å². The van der Waals surface area contributed by atoms with Gasteiger partial charge in [0.2, 0.25) is 15.9 Å². The molecular formula is C13H24N2O5S. The Balaban J connectivity index is 2.53. The van der Waals surface area contributed by atoms with Crippen LogP contribution in [0.3, 0.4) is 0 Å². The van der Waals surface area contributed by atoms with Crippen LogP contribution in [0.15, 0.2) is 0 Å². The standard InChI is InChI=1S/C13H24N2O5S/c1-11(2)10-14(7-5-13(17)18)12(16)4-8-15-6-3-9-21(15,19)20/h11H,3-10H2,1-2H3,(H,17,18). The molecule has 122 valence electrons. The van der Waals surface area contributed by atoms with Gasteiger partial charge in [-0.25, -0.2) is 12.7 Å². The van der Waals surface area contributed by atoms with Gasteiger partial charge in [-0.3, -0.25) is 9.59 Å². The van der Waals surface area contributed by atoms with Crippen molar-refractivity contribution in [2.24, 2.45) is 5.92 Å². The van der Waals surface area contributed by atoms with Crippen LogP contribution in [0, 0.1) is 5.92 Å². The number of hydrogen-bond donors (Lipinski definition) is 1. The van der Waals surface area contributed by atoms with Crippen molar-refractivity contribution in [2.75, 3.05) is 31.9 Å². The number of sulfonamides is 1. The van der Waals surface area contributed by atoms with E-state index < -0.39 is 16.0 Å². The summed E-state index contributed by atoms with van der Waals surface area (Å²) in [5.41, 5.74) is 0. The predicted molar refractivity (Wildman–Crippen MR) is 78.3 cm³/mol. The van der Waals surface area contributed by atoms with Crippen molar-refractivity contribution in [1.29, 1.82) is 0 Å². The van der Waals surface area contributed by atoms with Crippen LogP contribution in [0.1, 0.15) is 33.1 Å². The number of hydrogen-bond acceptors (Lipinski definition) is 4. The molecule has 0 unspecified atom stereocenters. The van der Waals surface area contributed by atoms with Crippen molar-refractivity contribution in [3.05, 3.63) is 0 Å². The van der Waals surface area contributed by atoms with Crippen LogP contribution in [-0.2, 0) is 19.6 Å². The zero-order valence-corrected chi connectivity index (χ0v) is 13.4. The van der Waals surface area contributed by atoms with E-state index in [1.54, 1.807) is 0 Å². The third-order valence-corrected chi connectivity index (χ3v) is 5.27. The lowest BCUT2D eigenvalue weighted by Crippen LogP contribution is -2.38. The molecule has 0 aromatic rings. The lowest BCUT2D eigenvalue weighted by Gasteiger charge is -2.25. The fraction of sp³-hybridized carbons (Fsp3) is 0.846. The quantitative estimate of drug-likeness (QED) is 0.697. The van der Waals surface area contributed by atoms with E-state index in [4.69, 9.17) is 5.11 Å². The second kappa shape index (κ2) is 7.74. The molecule has 1 saturated heterocycles. The molecule has 0 aromatic heterocycles. The SMILES string of the molecule is CC(C)CN(CCC(=O)O)C(=O)CCN1CCCS1(=O)=O. The molecule has 0 atom stereocenters. The first kappa shape index (κ1) is 17.9. The van der Waals surface area contributed by atoms with Gasteiger partial charge >= 0.3 is 5.97 Å². The molecular weight excluding hydrogens is 296 g/mol. The van der Waals surface area contributed by atoms with Gasteiger partial charge in [-0.05, 0) is 12.3 Å². The van der Waals surface area contributed by atoms with Gasteiger partial charge in [-0.2, -0.15) is 0 Å². The number of aliphatic carboxylic acids is 1. The highest BCUT2D eigenvalue weighted by atomic mass is 32.2. The van der Waals surface area contributed by atoms with Gasteiger partial charge in [0.1, 0.15) is 0 Å². The Morgan fingerprint density at radius 2 is 1.95 bits per heavy atom. The number of nitrogens with zero attached hydrogens (tertiary/aromatic N) is 2. The zero-order valence-electron chi connectivity index (χ0n) is 12.6. The van der Waals surface area contributed by atoms with Gasteiger partial charge in [-0.1, -0.05) is 13.8 Å². The highest BCUT2D eigenvalue weighted by Crippen LogP contribution is 2.14. The van der Waals surface area contributed by atoms with E-state index in [9.17, 15) is 18.0 Å². The summed E-state index contributed by atoms with van der Waals surface area (Å²) in [7, 11) is -3.19. The molecule has 0 aliphatic carbocycles. The number of carbonyl (C=O) groups excluding carboxylic acids is 1. The molecule has 1 amide bonds. The van der Waals surface area contributed by atoms with Crippen LogP contribution in [-0.4, -0.2) is 66.5 Å². The third-order valence-electron chi connectivity index (χ3n) is 3.31. The first-order chi connectivity index (χ1) is 9.72. The molecule has 1 fully saturated rings. The van der Waals surface area contributed by atoms with Gasteiger partial charge < -0.3 is 10.0 Å². The Hall–Kier alpha value is -1.15. The second-order valence-electron chi connectivity index (χ2n) is 5.70. The Morgan fingerprint density at radius 1 is 1.29 bits per heavy atom. The van der Waals surface area contributed by atoms with Crippen LogP contribution in [0.5, 0.6) is 0 Å². The van der Waals surface area contributed by atoms with E-state index in [1.807, 2.05) is 13.8 Å². The zero-order chi connectivity index (χ0) is 16.0. The third kappa shape index (κ3) is 6.01. The molecule has 0 spiro atoms. The van der Waals surface area contributed by atoms with E-state index in [0.29, 0.717) is 19.5 Å². The van der Waals surface area contributed by atoms with E-state index in [2.05, 4.69) is 0 Å². The fourth-order valence-corrected chi connectivity index (χ4v) is 3.84. The molecule has 0 radical (unpaired) electrons. The van der Waals surface area contributed by atoms with Crippen molar-refractivity contribution in [3.8, 4) is 0 Å². The minimum atomic E-state index is -3.19. The van der Waals surface area contributed by atoms with Crippen molar-refractivity contribution in [1.82, 2.24) is 9.21 Å². The summed E-state index contributed by atoms with van der Waals surface area (Å²) in [6, 6.07) is 0. The van der Waals surface area contributed by atoms with Crippen molar-refractivity contribution in [2.45, 2.75) is 33.1 Å². The molecule has 7 nitrogen and oxygen atoms in total. The van der Waals surface area contributed by atoms with Crippen LogP contribution in [0.4, 0.5) is 0 Å². The van der Waals surface area contributed by atoms with Crippen LogP contribution < -0.4 is 0 Å². The largest absolute Gasteiger partial charge is 0.481 e. The first-order valence-corrected chi connectivity index (χ1v) is 8.80. The molecule has 1 aliphatic rings. The Morgan fingerprint density at radius 3 is 2.43 bits per heavy atom. The summed E-state index contributed by atoms with van der Waals surface area (Å²) in [5.74, 6) is -0.750. The minimum Gasteiger partial charge on any atom is -0.481 e. The van der Waals surface area contributed by atoms with Gasteiger partial charge in [0, 0.05) is 32.6 Å². The molecule has 0 saturated carbocycles. The molecule has 8 heteroatoms. The smallest absolute Gasteiger partial charge is 0.305 e. The van der Waals surface area contributed by atoms with E-state index in [-0.39, 0.29) is 43.5 Å². The van der Waals surface area contributed by atoms with Crippen LogP contribution >= 0.6 is 0 Å². The second-order valence-corrected chi connectivity index (χ2v) is 7.78. The predicted octanol–water partition coefficient (Wildman–Crippen LogP) is 0.371. The molecule has 1 N–H and O–H groups in total. The number of carboxylic acid groups (broad SMARTS) is 1. The van der Waals surface area contributed by atoms with Crippen molar-refractivity contribution < 1.29 is 23.1 Å². The summed E-state index contributed by atoms with van der Waals surface area (Å²) < 4.78 is 24.7. The Kier molecular flexibility index (Phi) is 6.60. The molecule has 1 heterocycles. The lowest BCUT2D eigenvalue weighted by atomic mass is 10.2. The number of carbonyl (C=O) groups is 2. The minimum absolute atomic E-state index is 0.0968. The van der Waals surface area contributed by atoms with Crippen molar-refractivity contribution >= 4 is 21.9 Å². The van der Waals surface area contributed by atoms with E-state index >= 15 is 0 Å². The first-order valence-electron chi connectivity index (χ1n) is 7.20.